The molecular formula is C26H32N2O5. The van der Waals surface area contributed by atoms with Crippen LogP contribution >= 0.6 is 0 Å². The van der Waals surface area contributed by atoms with Crippen LogP contribution in [-0.2, 0) is 22.6 Å². The fourth-order valence-corrected chi connectivity index (χ4v) is 4.43. The lowest BCUT2D eigenvalue weighted by molar-refractivity contribution is -0.140. The van der Waals surface area contributed by atoms with Gasteiger partial charge in [-0.05, 0) is 61.6 Å². The monoisotopic (exact) mass is 452 g/mol. The molecule has 1 aliphatic carbocycles. The maximum atomic E-state index is 13.4. The summed E-state index contributed by atoms with van der Waals surface area (Å²) in [6, 6.07) is 13.0. The molecule has 0 spiro atoms. The number of methoxy groups -OCH3 is 1. The van der Waals surface area contributed by atoms with Crippen LogP contribution in [0.15, 0.2) is 42.5 Å². The Morgan fingerprint density at radius 1 is 1.09 bits per heavy atom. The average molecular weight is 453 g/mol. The first-order valence-electron chi connectivity index (χ1n) is 11.6. The van der Waals surface area contributed by atoms with Gasteiger partial charge in [0.2, 0.25) is 18.6 Å². The number of aryl methyl sites for hydroxylation is 1. The maximum Gasteiger partial charge on any atom is 0.242 e. The molecule has 1 fully saturated rings. The van der Waals surface area contributed by atoms with Crippen LogP contribution < -0.4 is 19.5 Å². The number of rotatable bonds is 9. The molecule has 0 radical (unpaired) electrons. The smallest absolute Gasteiger partial charge is 0.242 e. The zero-order valence-corrected chi connectivity index (χ0v) is 19.3. The Labute approximate surface area is 195 Å². The number of carbonyl (C=O) groups excluding carboxylic acids is 2. The minimum absolute atomic E-state index is 0.0652. The molecule has 7 heteroatoms. The van der Waals surface area contributed by atoms with Crippen molar-refractivity contribution in [3.8, 4) is 17.2 Å². The van der Waals surface area contributed by atoms with E-state index in [0.717, 1.165) is 48.3 Å². The van der Waals surface area contributed by atoms with Crippen LogP contribution in [0.1, 0.15) is 50.2 Å². The lowest BCUT2D eigenvalue weighted by atomic mass is 10.1. The molecule has 2 aromatic rings. The highest BCUT2D eigenvalue weighted by Crippen LogP contribution is 2.33. The van der Waals surface area contributed by atoms with Crippen molar-refractivity contribution < 1.29 is 23.8 Å². The van der Waals surface area contributed by atoms with Crippen molar-refractivity contribution in [3.05, 3.63) is 53.6 Å². The number of benzene rings is 2. The lowest BCUT2D eigenvalue weighted by Gasteiger charge is -2.30. The van der Waals surface area contributed by atoms with Gasteiger partial charge in [-0.25, -0.2) is 0 Å². The number of nitrogens with one attached hydrogen (secondary N) is 1. The normalized spacial score (nSPS) is 15.8. The van der Waals surface area contributed by atoms with Gasteiger partial charge >= 0.3 is 0 Å². The molecule has 2 aliphatic rings. The predicted molar refractivity (Wildman–Crippen MR) is 124 cm³/mol. The second-order valence-electron chi connectivity index (χ2n) is 8.73. The summed E-state index contributed by atoms with van der Waals surface area (Å²) in [6.45, 7) is 2.37. The summed E-state index contributed by atoms with van der Waals surface area (Å²) >= 11 is 0. The molecule has 4 rings (SSSR count). The van der Waals surface area contributed by atoms with Crippen molar-refractivity contribution in [2.24, 2.45) is 0 Å². The summed E-state index contributed by atoms with van der Waals surface area (Å²) in [5, 5.41) is 3.14. The maximum absolute atomic E-state index is 13.4. The molecule has 1 heterocycles. The molecule has 7 nitrogen and oxygen atoms in total. The van der Waals surface area contributed by atoms with Crippen LogP contribution in [0, 0.1) is 0 Å². The fraction of sp³-hybridized carbons (Fsp3) is 0.462. The molecule has 0 aromatic heterocycles. The molecule has 2 aromatic carbocycles. The van der Waals surface area contributed by atoms with Crippen molar-refractivity contribution in [1.29, 1.82) is 0 Å². The van der Waals surface area contributed by atoms with Crippen molar-refractivity contribution in [3.63, 3.8) is 0 Å². The standard InChI is InChI=1S/C26H32N2O5/c1-18(26(30)27-21-7-3-4-8-21)28(16-20-6-5-9-22(14-20)31-2)25(29)13-11-19-10-12-23-24(15-19)33-17-32-23/h5-6,9-10,12,14-15,18,21H,3-4,7-8,11,13,16-17H2,1-2H3,(H,27,30). The van der Waals surface area contributed by atoms with E-state index in [1.165, 1.54) is 0 Å². The highest BCUT2D eigenvalue weighted by Gasteiger charge is 2.28. The van der Waals surface area contributed by atoms with Gasteiger partial charge in [0.25, 0.3) is 0 Å². The third-order valence-electron chi connectivity index (χ3n) is 6.42. The second kappa shape index (κ2) is 10.6. The first-order valence-corrected chi connectivity index (χ1v) is 11.6. The largest absolute Gasteiger partial charge is 0.497 e. The molecule has 2 amide bonds. The Bertz CT molecular complexity index is 986. The SMILES string of the molecule is COc1cccc(CN(C(=O)CCc2ccc3c(c2)OCO3)C(C)C(=O)NC2CCCC2)c1. The molecule has 1 unspecified atom stereocenters. The Morgan fingerprint density at radius 2 is 1.88 bits per heavy atom. The minimum atomic E-state index is -0.568. The molecule has 1 atom stereocenters. The number of hydrogen-bond acceptors (Lipinski definition) is 5. The molecule has 0 bridgehead atoms. The van der Waals surface area contributed by atoms with Crippen molar-refractivity contribution in [1.82, 2.24) is 10.2 Å². The number of amides is 2. The topological polar surface area (TPSA) is 77.1 Å². The van der Waals surface area contributed by atoms with Gasteiger partial charge in [0.05, 0.1) is 7.11 Å². The molecule has 1 saturated carbocycles. The van der Waals surface area contributed by atoms with Gasteiger partial charge in [0.1, 0.15) is 11.8 Å². The quantitative estimate of drug-likeness (QED) is 0.626. The molecule has 0 saturated heterocycles. The Hall–Kier alpha value is -3.22. The van der Waals surface area contributed by atoms with Gasteiger partial charge in [-0.1, -0.05) is 31.0 Å². The summed E-state index contributed by atoms with van der Waals surface area (Å²) in [7, 11) is 1.62. The van der Waals surface area contributed by atoms with E-state index in [0.29, 0.717) is 25.1 Å². The predicted octanol–water partition coefficient (Wildman–Crippen LogP) is 3.83. The van der Waals surface area contributed by atoms with Gasteiger partial charge in [0.15, 0.2) is 11.5 Å². The summed E-state index contributed by atoms with van der Waals surface area (Å²) < 4.78 is 16.1. The lowest BCUT2D eigenvalue weighted by Crippen LogP contribution is -2.49. The van der Waals surface area contributed by atoms with E-state index in [4.69, 9.17) is 14.2 Å². The van der Waals surface area contributed by atoms with E-state index in [1.807, 2.05) is 49.4 Å². The van der Waals surface area contributed by atoms with Crippen LogP contribution in [-0.4, -0.2) is 42.7 Å². The van der Waals surface area contributed by atoms with Gasteiger partial charge in [-0.3, -0.25) is 9.59 Å². The zero-order chi connectivity index (χ0) is 23.2. The Morgan fingerprint density at radius 3 is 2.67 bits per heavy atom. The number of hydrogen-bond donors (Lipinski definition) is 1. The van der Waals surface area contributed by atoms with Gasteiger partial charge in [-0.2, -0.15) is 0 Å². The van der Waals surface area contributed by atoms with E-state index in [9.17, 15) is 9.59 Å². The molecular weight excluding hydrogens is 420 g/mol. The zero-order valence-electron chi connectivity index (χ0n) is 19.3. The third kappa shape index (κ3) is 5.78. The van der Waals surface area contributed by atoms with Gasteiger partial charge in [-0.15, -0.1) is 0 Å². The number of fused-ring (bicyclic) bond motifs is 1. The van der Waals surface area contributed by atoms with Crippen LogP contribution in [0.3, 0.4) is 0 Å². The molecule has 176 valence electrons. The van der Waals surface area contributed by atoms with E-state index in [-0.39, 0.29) is 24.6 Å². The van der Waals surface area contributed by atoms with Crippen molar-refractivity contribution >= 4 is 11.8 Å². The van der Waals surface area contributed by atoms with Crippen LogP contribution in [0.4, 0.5) is 0 Å². The summed E-state index contributed by atoms with van der Waals surface area (Å²) in [4.78, 5) is 28.0. The van der Waals surface area contributed by atoms with Crippen molar-refractivity contribution in [2.45, 2.75) is 64.1 Å². The van der Waals surface area contributed by atoms with E-state index >= 15 is 0 Å². The molecule has 33 heavy (non-hydrogen) atoms. The Kier molecular flexibility index (Phi) is 7.37. The minimum Gasteiger partial charge on any atom is -0.497 e. The second-order valence-corrected chi connectivity index (χ2v) is 8.73. The van der Waals surface area contributed by atoms with Gasteiger partial charge in [0, 0.05) is 19.0 Å². The number of nitrogens with zero attached hydrogens (tertiary/aromatic N) is 1. The first kappa shape index (κ1) is 23.0. The van der Waals surface area contributed by atoms with Crippen molar-refractivity contribution in [2.75, 3.05) is 13.9 Å². The average Bonchev–Trinajstić information content (AvgIpc) is 3.52. The molecule has 1 aliphatic heterocycles. The van der Waals surface area contributed by atoms with Crippen LogP contribution in [0.25, 0.3) is 0 Å². The fourth-order valence-electron chi connectivity index (χ4n) is 4.43. The first-order chi connectivity index (χ1) is 16.0. The van der Waals surface area contributed by atoms with E-state index in [2.05, 4.69) is 5.32 Å². The highest BCUT2D eigenvalue weighted by atomic mass is 16.7. The van der Waals surface area contributed by atoms with Crippen LogP contribution in [0.5, 0.6) is 17.2 Å². The third-order valence-corrected chi connectivity index (χ3v) is 6.42. The van der Waals surface area contributed by atoms with Gasteiger partial charge < -0.3 is 24.4 Å². The number of carbonyl (C=O) groups is 2. The van der Waals surface area contributed by atoms with E-state index in [1.54, 1.807) is 12.0 Å². The molecule has 1 N–H and O–H groups in total. The van der Waals surface area contributed by atoms with E-state index < -0.39 is 6.04 Å². The highest BCUT2D eigenvalue weighted by molar-refractivity contribution is 5.87. The van der Waals surface area contributed by atoms with Crippen LogP contribution in [0.2, 0.25) is 0 Å². The Balaban J connectivity index is 1.46. The number of ether oxygens (including phenoxy) is 3. The summed E-state index contributed by atoms with van der Waals surface area (Å²) in [5.74, 6) is 1.99. The summed E-state index contributed by atoms with van der Waals surface area (Å²) in [5.41, 5.74) is 1.92. The summed E-state index contributed by atoms with van der Waals surface area (Å²) in [6.07, 6.45) is 5.15.